The molecule has 0 spiro atoms. The van der Waals surface area contributed by atoms with Crippen LogP contribution in [0, 0.1) is 5.82 Å². The fraction of sp³-hybridized carbons (Fsp3) is 0.100. The molecule has 10 heteroatoms. The van der Waals surface area contributed by atoms with Crippen molar-refractivity contribution in [2.75, 3.05) is 18.6 Å². The molecule has 5 rings (SSSR count). The van der Waals surface area contributed by atoms with Crippen LogP contribution >= 0.6 is 23.6 Å². The number of fused-ring (bicyclic) bond motifs is 1. The van der Waals surface area contributed by atoms with Gasteiger partial charge >= 0.3 is 0 Å². The SMILES string of the molecule is CN(C(=O)c1ccccc1)N1CC=C(Oc2c(F)cccc2-c2ccc(CC(=O)NC(N)=S)cc2)c2sccc21. The van der Waals surface area contributed by atoms with Gasteiger partial charge in [-0.2, -0.15) is 0 Å². The van der Waals surface area contributed by atoms with Crippen LogP contribution in [-0.4, -0.2) is 35.5 Å². The molecule has 7 nitrogen and oxygen atoms in total. The van der Waals surface area contributed by atoms with E-state index in [9.17, 15) is 9.59 Å². The van der Waals surface area contributed by atoms with Crippen molar-refractivity contribution in [2.24, 2.45) is 5.73 Å². The van der Waals surface area contributed by atoms with Gasteiger partial charge in [-0.15, -0.1) is 11.3 Å². The van der Waals surface area contributed by atoms with Crippen LogP contribution in [-0.2, 0) is 11.2 Å². The number of amides is 2. The molecule has 0 atom stereocenters. The lowest BCUT2D eigenvalue weighted by Gasteiger charge is -2.35. The number of thiophene rings is 1. The van der Waals surface area contributed by atoms with Gasteiger partial charge in [0.15, 0.2) is 16.7 Å². The minimum absolute atomic E-state index is 0.0772. The molecule has 0 radical (unpaired) electrons. The normalized spacial score (nSPS) is 12.2. The Morgan fingerprint density at radius 1 is 1.07 bits per heavy atom. The van der Waals surface area contributed by atoms with Crippen molar-refractivity contribution in [3.63, 3.8) is 0 Å². The molecule has 4 aromatic rings. The third-order valence-corrected chi connectivity index (χ3v) is 7.36. The van der Waals surface area contributed by atoms with Gasteiger partial charge < -0.3 is 15.8 Å². The summed E-state index contributed by atoms with van der Waals surface area (Å²) < 4.78 is 21.4. The van der Waals surface area contributed by atoms with Gasteiger partial charge in [-0.3, -0.25) is 19.6 Å². The fourth-order valence-corrected chi connectivity index (χ4v) is 5.40. The average Bonchev–Trinajstić information content (AvgIpc) is 3.44. The maximum absolute atomic E-state index is 15.2. The van der Waals surface area contributed by atoms with Crippen LogP contribution in [0.1, 0.15) is 20.8 Å². The molecule has 0 fully saturated rings. The highest BCUT2D eigenvalue weighted by atomic mass is 32.1. The van der Waals surface area contributed by atoms with Gasteiger partial charge in [0.25, 0.3) is 5.91 Å². The van der Waals surface area contributed by atoms with E-state index in [1.54, 1.807) is 48.5 Å². The summed E-state index contributed by atoms with van der Waals surface area (Å²) in [6.07, 6.45) is 1.95. The molecule has 0 bridgehead atoms. The molecule has 0 unspecified atom stereocenters. The Hall–Kier alpha value is -4.54. The van der Waals surface area contributed by atoms with Crippen molar-refractivity contribution in [1.82, 2.24) is 10.3 Å². The Morgan fingerprint density at radius 3 is 2.55 bits per heavy atom. The smallest absolute Gasteiger partial charge is 0.272 e. The second-order valence-electron chi connectivity index (χ2n) is 8.98. The number of benzene rings is 3. The van der Waals surface area contributed by atoms with Gasteiger partial charge in [0.2, 0.25) is 5.91 Å². The second kappa shape index (κ2) is 11.7. The van der Waals surface area contributed by atoms with Gasteiger partial charge in [-0.1, -0.05) is 54.6 Å². The number of nitrogens with two attached hydrogens (primary N) is 1. The molecule has 3 aromatic carbocycles. The summed E-state index contributed by atoms with van der Waals surface area (Å²) in [4.78, 5) is 25.8. The Morgan fingerprint density at radius 2 is 1.82 bits per heavy atom. The predicted molar refractivity (Wildman–Crippen MR) is 159 cm³/mol. The fourth-order valence-electron chi connectivity index (χ4n) is 4.42. The zero-order valence-corrected chi connectivity index (χ0v) is 23.1. The van der Waals surface area contributed by atoms with E-state index in [0.717, 1.165) is 21.7 Å². The molecule has 3 N–H and O–H groups in total. The maximum atomic E-state index is 15.2. The van der Waals surface area contributed by atoms with Crippen molar-refractivity contribution in [2.45, 2.75) is 6.42 Å². The van der Waals surface area contributed by atoms with Crippen LogP contribution in [0.15, 0.2) is 90.3 Å². The van der Waals surface area contributed by atoms with Crippen LogP contribution in [0.2, 0.25) is 0 Å². The minimum atomic E-state index is -0.504. The number of nitrogens with zero attached hydrogens (tertiary/aromatic N) is 2. The molecule has 40 heavy (non-hydrogen) atoms. The molecule has 2 amide bonds. The number of halogens is 1. The van der Waals surface area contributed by atoms with Crippen LogP contribution in [0.5, 0.6) is 5.75 Å². The number of carbonyl (C=O) groups excluding carboxylic acids is 2. The number of thiocarbonyl (C=S) groups is 1. The minimum Gasteiger partial charge on any atom is -0.452 e. The first-order valence-corrected chi connectivity index (χ1v) is 13.6. The monoisotopic (exact) mass is 572 g/mol. The first kappa shape index (κ1) is 27.0. The number of carbonyl (C=O) groups is 2. The summed E-state index contributed by atoms with van der Waals surface area (Å²) in [5.74, 6) is -0.349. The summed E-state index contributed by atoms with van der Waals surface area (Å²) in [6, 6.07) is 22.9. The highest BCUT2D eigenvalue weighted by Crippen LogP contribution is 2.41. The number of rotatable bonds is 7. The Kier molecular flexibility index (Phi) is 7.90. The second-order valence-corrected chi connectivity index (χ2v) is 10.3. The van der Waals surface area contributed by atoms with E-state index in [4.69, 9.17) is 22.7 Å². The zero-order valence-electron chi connectivity index (χ0n) is 21.5. The van der Waals surface area contributed by atoms with E-state index in [0.29, 0.717) is 23.4 Å². The third-order valence-electron chi connectivity index (χ3n) is 6.34. The first-order valence-electron chi connectivity index (χ1n) is 12.4. The van der Waals surface area contributed by atoms with Crippen LogP contribution < -0.4 is 20.8 Å². The molecule has 0 saturated heterocycles. The van der Waals surface area contributed by atoms with Crippen molar-refractivity contribution >= 4 is 51.9 Å². The topological polar surface area (TPSA) is 87.9 Å². The standard InChI is InChI=1S/C30H25FN4O3S2/c1-34(29(37)21-6-3-2-4-7-21)35-16-14-25(28-24(35)15-17-40-28)38-27-22(8-5-9-23(27)31)20-12-10-19(11-13-20)18-26(36)33-30(32)39/h2-15,17H,16,18H2,1H3,(H3,32,33,36,39). The lowest BCUT2D eigenvalue weighted by atomic mass is 10.0. The van der Waals surface area contributed by atoms with Gasteiger partial charge in [-0.25, -0.2) is 4.39 Å². The summed E-state index contributed by atoms with van der Waals surface area (Å²) in [5, 5.41) is 7.67. The Labute approximate surface area is 240 Å². The number of hydrazine groups is 1. The number of anilines is 1. The van der Waals surface area contributed by atoms with Crippen LogP contribution in [0.4, 0.5) is 10.1 Å². The van der Waals surface area contributed by atoms with E-state index < -0.39 is 5.82 Å². The molecule has 0 saturated carbocycles. The lowest BCUT2D eigenvalue weighted by molar-refractivity contribution is -0.119. The van der Waals surface area contributed by atoms with Crippen molar-refractivity contribution in [3.05, 3.63) is 112 Å². The summed E-state index contributed by atoms with van der Waals surface area (Å²) in [6.45, 7) is 0.362. The summed E-state index contributed by atoms with van der Waals surface area (Å²) in [5.41, 5.74) is 8.79. The summed E-state index contributed by atoms with van der Waals surface area (Å²) >= 11 is 6.16. The average molecular weight is 573 g/mol. The van der Waals surface area contributed by atoms with E-state index in [-0.39, 0.29) is 29.1 Å². The van der Waals surface area contributed by atoms with Crippen LogP contribution in [0.25, 0.3) is 16.9 Å². The molecule has 1 aliphatic heterocycles. The van der Waals surface area contributed by atoms with Crippen molar-refractivity contribution < 1.29 is 18.7 Å². The lowest BCUT2D eigenvalue weighted by Crippen LogP contribution is -2.45. The van der Waals surface area contributed by atoms with Gasteiger partial charge in [-0.05, 0) is 59.1 Å². The van der Waals surface area contributed by atoms with Crippen molar-refractivity contribution in [3.8, 4) is 16.9 Å². The number of nitrogens with one attached hydrogen (secondary N) is 1. The number of hydrogen-bond donors (Lipinski definition) is 2. The maximum Gasteiger partial charge on any atom is 0.272 e. The molecule has 0 aliphatic carbocycles. The van der Waals surface area contributed by atoms with Gasteiger partial charge in [0.05, 0.1) is 23.5 Å². The zero-order chi connectivity index (χ0) is 28.2. The highest BCUT2D eigenvalue weighted by Gasteiger charge is 2.28. The van der Waals surface area contributed by atoms with Gasteiger partial charge in [0, 0.05) is 18.2 Å². The molecule has 1 aliphatic rings. The highest BCUT2D eigenvalue weighted by molar-refractivity contribution is 7.80. The number of hydrogen-bond acceptors (Lipinski definition) is 6. The molecular formula is C30H25FN4O3S2. The molecular weight excluding hydrogens is 547 g/mol. The molecule has 2 heterocycles. The number of ether oxygens (including phenoxy) is 1. The van der Waals surface area contributed by atoms with Crippen molar-refractivity contribution in [1.29, 1.82) is 0 Å². The van der Waals surface area contributed by atoms with E-state index in [1.165, 1.54) is 17.4 Å². The predicted octanol–water partition coefficient (Wildman–Crippen LogP) is 5.38. The van der Waals surface area contributed by atoms with E-state index >= 15 is 4.39 Å². The van der Waals surface area contributed by atoms with Gasteiger partial charge in [0.1, 0.15) is 5.76 Å². The Bertz CT molecular complexity index is 1600. The largest absolute Gasteiger partial charge is 0.452 e. The Balaban J connectivity index is 1.38. The molecule has 202 valence electrons. The molecule has 1 aromatic heterocycles. The quantitative estimate of drug-likeness (QED) is 0.289. The number of para-hydroxylation sites is 1. The third kappa shape index (κ3) is 5.73. The van der Waals surface area contributed by atoms with E-state index in [1.807, 2.05) is 52.9 Å². The van der Waals surface area contributed by atoms with Crippen LogP contribution in [0.3, 0.4) is 0 Å². The van der Waals surface area contributed by atoms with E-state index in [2.05, 4.69) is 5.32 Å². The summed E-state index contributed by atoms with van der Waals surface area (Å²) in [7, 11) is 1.73. The first-order chi connectivity index (χ1) is 19.3.